The zero-order valence-corrected chi connectivity index (χ0v) is 7.85. The van der Waals surface area contributed by atoms with E-state index in [-0.39, 0.29) is 0 Å². The molecule has 64 valence electrons. The van der Waals surface area contributed by atoms with Crippen LogP contribution >= 0.6 is 12.2 Å². The van der Waals surface area contributed by atoms with Gasteiger partial charge < -0.3 is 9.47 Å². The fourth-order valence-corrected chi connectivity index (χ4v) is 0.981. The van der Waals surface area contributed by atoms with Gasteiger partial charge in [-0.3, -0.25) is 0 Å². The molecule has 0 aliphatic rings. The Hall–Kier alpha value is -1.09. The monoisotopic (exact) mass is 182 g/mol. The Labute approximate surface area is 77.1 Å². The van der Waals surface area contributed by atoms with Crippen LogP contribution in [0.15, 0.2) is 24.3 Å². The molecule has 3 heteroatoms. The van der Waals surface area contributed by atoms with Crippen LogP contribution in [0.4, 0.5) is 0 Å². The molecule has 12 heavy (non-hydrogen) atoms. The molecule has 0 radical (unpaired) electrons. The summed E-state index contributed by atoms with van der Waals surface area (Å²) in [6.45, 7) is 0. The van der Waals surface area contributed by atoms with Crippen molar-refractivity contribution in [1.29, 1.82) is 0 Å². The van der Waals surface area contributed by atoms with E-state index < -0.39 is 0 Å². The van der Waals surface area contributed by atoms with E-state index in [0.29, 0.717) is 5.05 Å². The molecule has 0 bridgehead atoms. The number of rotatable bonds is 2. The van der Waals surface area contributed by atoms with Crippen LogP contribution in [-0.4, -0.2) is 19.3 Å². The summed E-state index contributed by atoms with van der Waals surface area (Å²) in [7, 11) is 3.19. The van der Waals surface area contributed by atoms with E-state index in [1.165, 1.54) is 0 Å². The largest absolute Gasteiger partial charge is 0.497 e. The zero-order chi connectivity index (χ0) is 8.97. The van der Waals surface area contributed by atoms with Gasteiger partial charge >= 0.3 is 0 Å². The van der Waals surface area contributed by atoms with E-state index in [0.717, 1.165) is 11.3 Å². The first-order valence-electron chi connectivity index (χ1n) is 3.50. The molecule has 0 unspecified atom stereocenters. The van der Waals surface area contributed by atoms with E-state index in [1.807, 2.05) is 24.3 Å². The molecular weight excluding hydrogens is 172 g/mol. The van der Waals surface area contributed by atoms with Gasteiger partial charge in [-0.25, -0.2) is 0 Å². The highest BCUT2D eigenvalue weighted by Gasteiger charge is 1.99. The number of hydrogen-bond donors (Lipinski definition) is 0. The van der Waals surface area contributed by atoms with E-state index in [9.17, 15) is 0 Å². The van der Waals surface area contributed by atoms with E-state index >= 15 is 0 Å². The van der Waals surface area contributed by atoms with Crippen molar-refractivity contribution in [1.82, 2.24) is 0 Å². The molecule has 0 atom stereocenters. The van der Waals surface area contributed by atoms with Crippen molar-refractivity contribution in [3.8, 4) is 5.75 Å². The maximum Gasteiger partial charge on any atom is 0.190 e. The lowest BCUT2D eigenvalue weighted by Crippen LogP contribution is -1.98. The van der Waals surface area contributed by atoms with Gasteiger partial charge in [0.05, 0.1) is 14.2 Å². The van der Waals surface area contributed by atoms with Crippen LogP contribution in [0.2, 0.25) is 0 Å². The lowest BCUT2D eigenvalue weighted by Gasteiger charge is -2.03. The standard InChI is InChI=1S/C9H10O2S/c1-10-8-5-3-7(4-6-8)9(12)11-2/h3-6H,1-2H3. The quantitative estimate of drug-likeness (QED) is 0.652. The smallest absolute Gasteiger partial charge is 0.190 e. The van der Waals surface area contributed by atoms with Crippen LogP contribution in [0.25, 0.3) is 0 Å². The first-order valence-corrected chi connectivity index (χ1v) is 3.91. The second-order valence-corrected chi connectivity index (χ2v) is 2.59. The number of ether oxygens (including phenoxy) is 2. The highest BCUT2D eigenvalue weighted by atomic mass is 32.1. The summed E-state index contributed by atoms with van der Waals surface area (Å²) in [6, 6.07) is 7.43. The van der Waals surface area contributed by atoms with Gasteiger partial charge in [0.1, 0.15) is 5.75 Å². The summed E-state index contributed by atoms with van der Waals surface area (Å²) in [5.74, 6) is 0.817. The third kappa shape index (κ3) is 1.95. The van der Waals surface area contributed by atoms with Gasteiger partial charge in [0.15, 0.2) is 5.05 Å². The minimum atomic E-state index is 0.498. The molecule has 1 rings (SSSR count). The molecule has 0 aromatic heterocycles. The predicted molar refractivity (Wildman–Crippen MR) is 51.7 cm³/mol. The molecule has 2 nitrogen and oxygen atoms in total. The molecule has 0 spiro atoms. The Morgan fingerprint density at radius 2 is 1.75 bits per heavy atom. The van der Waals surface area contributed by atoms with E-state index in [2.05, 4.69) is 0 Å². The van der Waals surface area contributed by atoms with Gasteiger partial charge in [-0.05, 0) is 36.5 Å². The number of methoxy groups -OCH3 is 2. The Balaban J connectivity index is 2.84. The fourth-order valence-electron chi connectivity index (χ4n) is 0.845. The molecule has 0 N–H and O–H groups in total. The van der Waals surface area contributed by atoms with Crippen LogP contribution in [0, 0.1) is 0 Å². The molecule has 0 saturated heterocycles. The third-order valence-corrected chi connectivity index (χ3v) is 1.91. The predicted octanol–water partition coefficient (Wildman–Crippen LogP) is 2.02. The first-order chi connectivity index (χ1) is 5.77. The van der Waals surface area contributed by atoms with E-state index in [4.69, 9.17) is 21.7 Å². The van der Waals surface area contributed by atoms with Gasteiger partial charge in [-0.15, -0.1) is 0 Å². The third-order valence-electron chi connectivity index (χ3n) is 1.51. The van der Waals surface area contributed by atoms with Crippen LogP contribution in [0.3, 0.4) is 0 Å². The van der Waals surface area contributed by atoms with Crippen molar-refractivity contribution in [3.05, 3.63) is 29.8 Å². The van der Waals surface area contributed by atoms with Crippen molar-refractivity contribution in [2.45, 2.75) is 0 Å². The number of thiocarbonyl (C=S) groups is 1. The van der Waals surface area contributed by atoms with Gasteiger partial charge in [0, 0.05) is 5.56 Å². The van der Waals surface area contributed by atoms with Gasteiger partial charge in [0.2, 0.25) is 0 Å². The minimum Gasteiger partial charge on any atom is -0.497 e. The summed E-state index contributed by atoms with van der Waals surface area (Å²) in [4.78, 5) is 0. The topological polar surface area (TPSA) is 18.5 Å². The van der Waals surface area contributed by atoms with Crippen LogP contribution in [0.5, 0.6) is 5.75 Å². The summed E-state index contributed by atoms with van der Waals surface area (Å²) in [5, 5.41) is 0.498. The molecule has 0 aliphatic carbocycles. The minimum absolute atomic E-state index is 0.498. The molecule has 0 fully saturated rings. The van der Waals surface area contributed by atoms with Gasteiger partial charge in [0.25, 0.3) is 0 Å². The van der Waals surface area contributed by atoms with Gasteiger partial charge in [-0.1, -0.05) is 0 Å². The molecule has 0 saturated carbocycles. The molecule has 1 aromatic carbocycles. The van der Waals surface area contributed by atoms with Crippen molar-refractivity contribution in [2.24, 2.45) is 0 Å². The maximum atomic E-state index is 5.00. The average Bonchev–Trinajstić information content (AvgIpc) is 2.17. The lowest BCUT2D eigenvalue weighted by atomic mass is 10.2. The zero-order valence-electron chi connectivity index (χ0n) is 7.03. The average molecular weight is 182 g/mol. The summed E-state index contributed by atoms with van der Waals surface area (Å²) in [5.41, 5.74) is 0.897. The number of hydrogen-bond acceptors (Lipinski definition) is 3. The summed E-state index contributed by atoms with van der Waals surface area (Å²) in [6.07, 6.45) is 0. The van der Waals surface area contributed by atoms with E-state index in [1.54, 1.807) is 14.2 Å². The Bertz CT molecular complexity index is 266. The molecular formula is C9H10O2S. The lowest BCUT2D eigenvalue weighted by molar-refractivity contribution is 0.412. The molecule has 1 aromatic rings. The van der Waals surface area contributed by atoms with Crippen LogP contribution in [-0.2, 0) is 4.74 Å². The molecule has 0 aliphatic heterocycles. The fraction of sp³-hybridized carbons (Fsp3) is 0.222. The normalized spacial score (nSPS) is 9.17. The molecule has 0 heterocycles. The van der Waals surface area contributed by atoms with Crippen molar-refractivity contribution in [3.63, 3.8) is 0 Å². The highest BCUT2D eigenvalue weighted by Crippen LogP contribution is 2.12. The maximum absolute atomic E-state index is 5.00. The van der Waals surface area contributed by atoms with Crippen molar-refractivity contribution < 1.29 is 9.47 Å². The molecule has 0 amide bonds. The Kier molecular flexibility index (Phi) is 3.05. The second-order valence-electron chi connectivity index (χ2n) is 2.22. The van der Waals surface area contributed by atoms with Crippen LogP contribution in [0.1, 0.15) is 5.56 Å². The Morgan fingerprint density at radius 3 is 2.17 bits per heavy atom. The number of benzene rings is 1. The van der Waals surface area contributed by atoms with Crippen molar-refractivity contribution in [2.75, 3.05) is 14.2 Å². The van der Waals surface area contributed by atoms with Crippen LogP contribution < -0.4 is 4.74 Å². The second kappa shape index (κ2) is 4.07. The summed E-state index contributed by atoms with van der Waals surface area (Å²) < 4.78 is 9.90. The van der Waals surface area contributed by atoms with Crippen molar-refractivity contribution >= 4 is 17.3 Å². The SMILES string of the molecule is COC(=S)c1ccc(OC)cc1. The Morgan fingerprint density at radius 1 is 1.17 bits per heavy atom. The first kappa shape index (κ1) is 9.00. The summed E-state index contributed by atoms with van der Waals surface area (Å²) >= 11 is 4.94. The van der Waals surface area contributed by atoms with Gasteiger partial charge in [-0.2, -0.15) is 0 Å². The highest BCUT2D eigenvalue weighted by molar-refractivity contribution is 7.80.